The highest BCUT2D eigenvalue weighted by Crippen LogP contribution is 2.28. The molecule has 0 aliphatic heterocycles. The highest BCUT2D eigenvalue weighted by Gasteiger charge is 2.09. The van der Waals surface area contributed by atoms with E-state index < -0.39 is 0 Å². The van der Waals surface area contributed by atoms with Crippen LogP contribution >= 0.6 is 46.2 Å². The monoisotopic (exact) mass is 318 g/mol. The first-order valence-electron chi connectivity index (χ1n) is 5.06. The van der Waals surface area contributed by atoms with Crippen molar-refractivity contribution < 1.29 is 4.79 Å². The van der Waals surface area contributed by atoms with Gasteiger partial charge in [-0.2, -0.15) is 0 Å². The zero-order valence-corrected chi connectivity index (χ0v) is 12.7. The van der Waals surface area contributed by atoms with Gasteiger partial charge < -0.3 is 5.32 Å². The van der Waals surface area contributed by atoms with Gasteiger partial charge in [0.05, 0.1) is 5.75 Å². The lowest BCUT2D eigenvalue weighted by molar-refractivity contribution is -0.113. The molecule has 1 N–H and O–H groups in total. The van der Waals surface area contributed by atoms with Gasteiger partial charge in [-0.1, -0.05) is 41.8 Å². The zero-order valence-electron chi connectivity index (χ0n) is 9.45. The molecule has 1 amide bonds. The number of thioether (sulfide) groups is 2. The van der Waals surface area contributed by atoms with E-state index in [0.717, 1.165) is 14.4 Å². The maximum atomic E-state index is 11.6. The van der Waals surface area contributed by atoms with E-state index in [1.807, 2.05) is 5.38 Å². The lowest BCUT2D eigenvalue weighted by atomic mass is 10.7. The quantitative estimate of drug-likeness (QED) is 0.826. The van der Waals surface area contributed by atoms with Crippen molar-refractivity contribution in [2.75, 3.05) is 16.8 Å². The number of aromatic nitrogens is 3. The number of hydrogen-bond donors (Lipinski definition) is 1. The van der Waals surface area contributed by atoms with E-state index in [1.165, 1.54) is 34.4 Å². The first-order valence-corrected chi connectivity index (χ1v) is 8.73. The third-order valence-corrected chi connectivity index (χ3v) is 5.42. The number of hydrogen-bond acceptors (Lipinski definition) is 8. The molecule has 2 rings (SSSR count). The molecule has 2 heterocycles. The molecule has 0 saturated carbocycles. The van der Waals surface area contributed by atoms with E-state index in [-0.39, 0.29) is 5.91 Å². The number of amides is 1. The van der Waals surface area contributed by atoms with E-state index in [4.69, 9.17) is 0 Å². The van der Waals surface area contributed by atoms with Gasteiger partial charge in [0.1, 0.15) is 0 Å². The Kier molecular flexibility index (Phi) is 5.42. The zero-order chi connectivity index (χ0) is 12.8. The summed E-state index contributed by atoms with van der Waals surface area (Å²) in [7, 11) is 0. The topological polar surface area (TPSA) is 67.8 Å². The summed E-state index contributed by atoms with van der Waals surface area (Å²) < 4.78 is 1.76. The van der Waals surface area contributed by atoms with E-state index in [1.54, 1.807) is 18.0 Å². The third kappa shape index (κ3) is 4.23. The molecule has 9 heteroatoms. The molecule has 5 nitrogen and oxygen atoms in total. The first kappa shape index (κ1) is 13.8. The third-order valence-electron chi connectivity index (χ3n) is 1.66. The van der Waals surface area contributed by atoms with Crippen LogP contribution in [-0.4, -0.2) is 32.6 Å². The molecule has 0 bridgehead atoms. The molecule has 2 aromatic heterocycles. The second-order valence-corrected chi connectivity index (χ2v) is 7.55. The predicted molar refractivity (Wildman–Crippen MR) is 77.8 cm³/mol. The molecular weight excluding hydrogens is 308 g/mol. The normalized spacial score (nSPS) is 10.5. The van der Waals surface area contributed by atoms with E-state index >= 15 is 0 Å². The lowest BCUT2D eigenvalue weighted by Crippen LogP contribution is -2.13. The SMILES string of the molecule is CCSc1nnc(SCC(=O)Nc2nccs2)s1. The van der Waals surface area contributed by atoms with Gasteiger partial charge >= 0.3 is 0 Å². The molecule has 0 atom stereocenters. The van der Waals surface area contributed by atoms with Crippen LogP contribution in [0, 0.1) is 0 Å². The highest BCUT2D eigenvalue weighted by atomic mass is 32.2. The molecule has 0 aliphatic rings. The van der Waals surface area contributed by atoms with Gasteiger partial charge in [0.25, 0.3) is 0 Å². The number of nitrogens with one attached hydrogen (secondary N) is 1. The van der Waals surface area contributed by atoms with Crippen molar-refractivity contribution in [3.63, 3.8) is 0 Å². The molecule has 0 radical (unpaired) electrons. The van der Waals surface area contributed by atoms with Crippen LogP contribution in [0.1, 0.15) is 6.92 Å². The summed E-state index contributed by atoms with van der Waals surface area (Å²) in [5, 5.41) is 13.2. The van der Waals surface area contributed by atoms with Crippen LogP contribution in [0.5, 0.6) is 0 Å². The highest BCUT2D eigenvalue weighted by molar-refractivity contribution is 8.03. The largest absolute Gasteiger partial charge is 0.301 e. The first-order chi connectivity index (χ1) is 8.78. The summed E-state index contributed by atoms with van der Waals surface area (Å²) >= 11 is 5.97. The summed E-state index contributed by atoms with van der Waals surface area (Å²) in [6, 6.07) is 0. The van der Waals surface area contributed by atoms with E-state index in [0.29, 0.717) is 10.9 Å². The van der Waals surface area contributed by atoms with Gasteiger partial charge in [-0.05, 0) is 5.75 Å². The fourth-order valence-electron chi connectivity index (χ4n) is 1.01. The van der Waals surface area contributed by atoms with Crippen LogP contribution in [0.3, 0.4) is 0 Å². The maximum Gasteiger partial charge on any atom is 0.236 e. The molecule has 0 fully saturated rings. The molecule has 0 spiro atoms. The lowest BCUT2D eigenvalue weighted by Gasteiger charge is -1.98. The van der Waals surface area contributed by atoms with Crippen LogP contribution in [0.25, 0.3) is 0 Å². The summed E-state index contributed by atoms with van der Waals surface area (Å²) in [4.78, 5) is 15.6. The van der Waals surface area contributed by atoms with Crippen molar-refractivity contribution in [2.24, 2.45) is 0 Å². The number of nitrogens with zero attached hydrogens (tertiary/aromatic N) is 3. The van der Waals surface area contributed by atoms with Crippen molar-refractivity contribution in [3.8, 4) is 0 Å². The van der Waals surface area contributed by atoms with Crippen LogP contribution in [0.2, 0.25) is 0 Å². The molecule has 96 valence electrons. The average molecular weight is 318 g/mol. The van der Waals surface area contributed by atoms with Gasteiger partial charge in [-0.25, -0.2) is 4.98 Å². The molecule has 0 saturated heterocycles. The Bertz CT molecular complexity index is 498. The minimum absolute atomic E-state index is 0.0742. The van der Waals surface area contributed by atoms with Crippen LogP contribution < -0.4 is 5.32 Å². The summed E-state index contributed by atoms with van der Waals surface area (Å²) in [5.41, 5.74) is 0. The van der Waals surface area contributed by atoms with Crippen LogP contribution in [0.15, 0.2) is 20.3 Å². The number of rotatable bonds is 6. The molecule has 0 aromatic carbocycles. The fraction of sp³-hybridized carbons (Fsp3) is 0.333. The molecule has 2 aromatic rings. The standard InChI is InChI=1S/C9H10N4OS4/c1-2-15-8-12-13-9(18-8)17-5-6(14)11-7-10-3-4-16-7/h3-4H,2,5H2,1H3,(H,10,11,14). The van der Waals surface area contributed by atoms with Gasteiger partial charge in [0.2, 0.25) is 5.91 Å². The molecule has 18 heavy (non-hydrogen) atoms. The fourth-order valence-corrected chi connectivity index (χ4v) is 4.27. The van der Waals surface area contributed by atoms with Crippen LogP contribution in [-0.2, 0) is 4.79 Å². The van der Waals surface area contributed by atoms with Gasteiger partial charge in [-0.15, -0.1) is 21.5 Å². The predicted octanol–water partition coefficient (Wildman–Crippen LogP) is 2.84. The summed E-state index contributed by atoms with van der Waals surface area (Å²) in [6.07, 6.45) is 1.66. The van der Waals surface area contributed by atoms with Gasteiger partial charge in [-0.3, -0.25) is 4.79 Å². The minimum atomic E-state index is -0.0742. The minimum Gasteiger partial charge on any atom is -0.301 e. The van der Waals surface area contributed by atoms with Crippen LogP contribution in [0.4, 0.5) is 5.13 Å². The Labute approximate surface area is 121 Å². The van der Waals surface area contributed by atoms with E-state index in [9.17, 15) is 4.79 Å². The van der Waals surface area contributed by atoms with Crippen molar-refractivity contribution >= 4 is 57.2 Å². The van der Waals surface area contributed by atoms with Crippen molar-refractivity contribution in [1.29, 1.82) is 0 Å². The van der Waals surface area contributed by atoms with E-state index in [2.05, 4.69) is 27.4 Å². The number of thiazole rings is 1. The summed E-state index contributed by atoms with van der Waals surface area (Å²) in [5.74, 6) is 1.23. The second-order valence-electron chi connectivity index (χ2n) is 2.94. The number of carbonyl (C=O) groups excluding carboxylic acids is 1. The van der Waals surface area contributed by atoms with Crippen molar-refractivity contribution in [2.45, 2.75) is 15.6 Å². The maximum absolute atomic E-state index is 11.6. The Hall–Kier alpha value is -0.640. The van der Waals surface area contributed by atoms with Gasteiger partial charge in [0, 0.05) is 11.6 Å². The second kappa shape index (κ2) is 7.07. The van der Waals surface area contributed by atoms with Gasteiger partial charge in [0.15, 0.2) is 13.8 Å². The van der Waals surface area contributed by atoms with Crippen molar-refractivity contribution in [1.82, 2.24) is 15.2 Å². The Balaban J connectivity index is 1.78. The average Bonchev–Trinajstić information content (AvgIpc) is 2.99. The molecular formula is C9H10N4OS4. The molecule has 0 unspecified atom stereocenters. The Morgan fingerprint density at radius 1 is 1.39 bits per heavy atom. The number of anilines is 1. The van der Waals surface area contributed by atoms with Crippen molar-refractivity contribution in [3.05, 3.63) is 11.6 Å². The number of carbonyl (C=O) groups is 1. The summed E-state index contributed by atoms with van der Waals surface area (Å²) in [6.45, 7) is 2.07. The molecule has 0 aliphatic carbocycles. The Morgan fingerprint density at radius 3 is 2.83 bits per heavy atom. The smallest absolute Gasteiger partial charge is 0.236 e. The Morgan fingerprint density at radius 2 is 2.17 bits per heavy atom.